The number of benzene rings is 3. The van der Waals surface area contributed by atoms with Crippen molar-refractivity contribution >= 4 is 55.9 Å². The van der Waals surface area contributed by atoms with Crippen LogP contribution in [-0.4, -0.2) is 34.8 Å². The van der Waals surface area contributed by atoms with Crippen LogP contribution >= 0.6 is 23.1 Å². The number of amides is 2. The Hall–Kier alpha value is -3.16. The smallest absolute Gasteiger partial charge is 0.238 e. The number of hydrogen-bond donors (Lipinski definition) is 1. The molecule has 0 spiro atoms. The molecule has 0 aliphatic heterocycles. The van der Waals surface area contributed by atoms with Crippen LogP contribution in [0, 0.1) is 6.92 Å². The van der Waals surface area contributed by atoms with Crippen LogP contribution in [0.2, 0.25) is 0 Å². The van der Waals surface area contributed by atoms with Gasteiger partial charge in [0.25, 0.3) is 0 Å². The van der Waals surface area contributed by atoms with Gasteiger partial charge in [0.2, 0.25) is 11.8 Å². The SMILES string of the molecule is Cc1ccc(NC(=O)CSCC(=O)N(CCc2ccccc2)c2nc3ccccc3s2)cc1. The first-order valence-electron chi connectivity index (χ1n) is 10.7. The zero-order valence-corrected chi connectivity index (χ0v) is 20.0. The maximum atomic E-state index is 13.2. The van der Waals surface area contributed by atoms with Crippen molar-refractivity contribution in [3.63, 3.8) is 0 Å². The molecule has 7 heteroatoms. The van der Waals surface area contributed by atoms with Crippen LogP contribution in [0.15, 0.2) is 78.9 Å². The second kappa shape index (κ2) is 11.1. The van der Waals surface area contributed by atoms with Crippen LogP contribution in [0.25, 0.3) is 10.2 Å². The summed E-state index contributed by atoms with van der Waals surface area (Å²) in [6.07, 6.45) is 0.737. The third-order valence-electron chi connectivity index (χ3n) is 5.08. The summed E-state index contributed by atoms with van der Waals surface area (Å²) in [5.74, 6) is 0.267. The van der Waals surface area contributed by atoms with E-state index in [-0.39, 0.29) is 23.3 Å². The third kappa shape index (κ3) is 6.43. The van der Waals surface area contributed by atoms with Crippen LogP contribution in [0.3, 0.4) is 0 Å². The lowest BCUT2D eigenvalue weighted by Crippen LogP contribution is -2.34. The molecule has 0 atom stereocenters. The summed E-state index contributed by atoms with van der Waals surface area (Å²) >= 11 is 2.83. The second-order valence-electron chi connectivity index (χ2n) is 7.65. The van der Waals surface area contributed by atoms with E-state index >= 15 is 0 Å². The fraction of sp³-hybridized carbons (Fsp3) is 0.192. The lowest BCUT2D eigenvalue weighted by molar-refractivity contribution is -0.116. The van der Waals surface area contributed by atoms with Gasteiger partial charge in [-0.3, -0.25) is 14.5 Å². The number of hydrogen-bond acceptors (Lipinski definition) is 5. The van der Waals surface area contributed by atoms with Crippen molar-refractivity contribution < 1.29 is 9.59 Å². The van der Waals surface area contributed by atoms with Crippen molar-refractivity contribution in [3.8, 4) is 0 Å². The summed E-state index contributed by atoms with van der Waals surface area (Å²) in [6.45, 7) is 2.54. The van der Waals surface area contributed by atoms with Gasteiger partial charge in [-0.1, -0.05) is 71.5 Å². The molecule has 0 saturated heterocycles. The van der Waals surface area contributed by atoms with Crippen molar-refractivity contribution in [2.75, 3.05) is 28.3 Å². The first-order chi connectivity index (χ1) is 16.1. The predicted octanol–water partition coefficient (Wildman–Crippen LogP) is 5.55. The number of anilines is 2. The number of thiazole rings is 1. The molecule has 4 aromatic rings. The quantitative estimate of drug-likeness (QED) is 0.345. The lowest BCUT2D eigenvalue weighted by Gasteiger charge is -2.20. The molecule has 0 unspecified atom stereocenters. The molecule has 0 saturated carbocycles. The van der Waals surface area contributed by atoms with E-state index < -0.39 is 0 Å². The molecular formula is C26H25N3O2S2. The molecule has 5 nitrogen and oxygen atoms in total. The highest BCUT2D eigenvalue weighted by Crippen LogP contribution is 2.29. The Morgan fingerprint density at radius 3 is 2.42 bits per heavy atom. The third-order valence-corrected chi connectivity index (χ3v) is 7.05. The molecule has 0 bridgehead atoms. The Morgan fingerprint density at radius 2 is 1.67 bits per heavy atom. The average molecular weight is 476 g/mol. The predicted molar refractivity (Wildman–Crippen MR) is 139 cm³/mol. The summed E-state index contributed by atoms with van der Waals surface area (Å²) in [4.78, 5) is 31.9. The first-order valence-corrected chi connectivity index (χ1v) is 12.7. The minimum Gasteiger partial charge on any atom is -0.325 e. The fourth-order valence-corrected chi connectivity index (χ4v) is 5.03. The molecule has 0 fully saturated rings. The first kappa shape index (κ1) is 23.0. The highest BCUT2D eigenvalue weighted by atomic mass is 32.2. The second-order valence-corrected chi connectivity index (χ2v) is 9.65. The van der Waals surface area contributed by atoms with Gasteiger partial charge >= 0.3 is 0 Å². The molecule has 0 radical (unpaired) electrons. The van der Waals surface area contributed by atoms with E-state index in [4.69, 9.17) is 0 Å². The van der Waals surface area contributed by atoms with Gasteiger partial charge in [0, 0.05) is 12.2 Å². The molecule has 1 N–H and O–H groups in total. The number of para-hydroxylation sites is 1. The highest BCUT2D eigenvalue weighted by Gasteiger charge is 2.20. The minimum atomic E-state index is -0.118. The summed E-state index contributed by atoms with van der Waals surface area (Å²) in [5, 5.41) is 3.57. The van der Waals surface area contributed by atoms with Crippen LogP contribution in [0.1, 0.15) is 11.1 Å². The number of carbonyl (C=O) groups is 2. The number of rotatable bonds is 9. The van der Waals surface area contributed by atoms with Gasteiger partial charge in [-0.15, -0.1) is 11.8 Å². The normalized spacial score (nSPS) is 10.8. The Morgan fingerprint density at radius 1 is 0.939 bits per heavy atom. The molecule has 1 heterocycles. The maximum absolute atomic E-state index is 13.2. The molecule has 2 amide bonds. The molecule has 0 aliphatic carbocycles. The van der Waals surface area contributed by atoms with Gasteiger partial charge in [0.1, 0.15) is 0 Å². The Balaban J connectivity index is 1.39. The van der Waals surface area contributed by atoms with Gasteiger partial charge < -0.3 is 5.32 Å². The molecule has 1 aromatic heterocycles. The number of fused-ring (bicyclic) bond motifs is 1. The van der Waals surface area contributed by atoms with E-state index in [1.54, 1.807) is 4.90 Å². The Bertz CT molecular complexity index is 1190. The summed E-state index contributed by atoms with van der Waals surface area (Å²) in [6, 6.07) is 25.7. The molecular weight excluding hydrogens is 450 g/mol. The van der Waals surface area contributed by atoms with Crippen molar-refractivity contribution in [2.24, 2.45) is 0 Å². The zero-order valence-electron chi connectivity index (χ0n) is 18.4. The van der Waals surface area contributed by atoms with Gasteiger partial charge in [-0.2, -0.15) is 0 Å². The van der Waals surface area contributed by atoms with E-state index in [9.17, 15) is 9.59 Å². The van der Waals surface area contributed by atoms with Crippen molar-refractivity contribution in [2.45, 2.75) is 13.3 Å². The highest BCUT2D eigenvalue weighted by molar-refractivity contribution is 8.00. The maximum Gasteiger partial charge on any atom is 0.238 e. The number of aromatic nitrogens is 1. The number of nitrogens with zero attached hydrogens (tertiary/aromatic N) is 2. The monoisotopic (exact) mass is 475 g/mol. The van der Waals surface area contributed by atoms with Crippen molar-refractivity contribution in [1.82, 2.24) is 4.98 Å². The van der Waals surface area contributed by atoms with Crippen LogP contribution < -0.4 is 10.2 Å². The fourth-order valence-electron chi connectivity index (χ4n) is 3.33. The summed E-state index contributed by atoms with van der Waals surface area (Å²) in [7, 11) is 0. The van der Waals surface area contributed by atoms with Crippen LogP contribution in [0.4, 0.5) is 10.8 Å². The standard InChI is InChI=1S/C26H25N3O2S2/c1-19-11-13-21(14-12-19)27-24(30)17-32-18-25(31)29(16-15-20-7-3-2-4-8-20)26-28-22-9-5-6-10-23(22)33-26/h2-14H,15-18H2,1H3,(H,27,30). The molecule has 168 valence electrons. The number of carbonyl (C=O) groups excluding carboxylic acids is 2. The Labute approximate surface area is 201 Å². The van der Waals surface area contributed by atoms with Crippen molar-refractivity contribution in [1.29, 1.82) is 0 Å². The van der Waals surface area contributed by atoms with Crippen LogP contribution in [0.5, 0.6) is 0 Å². The van der Waals surface area contributed by atoms with E-state index in [1.807, 2.05) is 73.7 Å². The molecule has 3 aromatic carbocycles. The number of aryl methyl sites for hydroxylation is 1. The minimum absolute atomic E-state index is 0.0434. The number of thioether (sulfide) groups is 1. The van der Waals surface area contributed by atoms with Gasteiger partial charge in [0.15, 0.2) is 5.13 Å². The number of nitrogens with one attached hydrogen (secondary N) is 1. The average Bonchev–Trinajstić information content (AvgIpc) is 3.25. The zero-order chi connectivity index (χ0) is 23.0. The van der Waals surface area contributed by atoms with Crippen molar-refractivity contribution in [3.05, 3.63) is 90.0 Å². The van der Waals surface area contributed by atoms with E-state index in [1.165, 1.54) is 28.7 Å². The summed E-state index contributed by atoms with van der Waals surface area (Å²) < 4.78 is 1.05. The van der Waals surface area contributed by atoms with E-state index in [2.05, 4.69) is 22.4 Å². The van der Waals surface area contributed by atoms with E-state index in [0.29, 0.717) is 11.7 Å². The topological polar surface area (TPSA) is 62.3 Å². The largest absolute Gasteiger partial charge is 0.325 e. The van der Waals surface area contributed by atoms with E-state index in [0.717, 1.165) is 27.9 Å². The Kier molecular flexibility index (Phi) is 7.75. The van der Waals surface area contributed by atoms with Gasteiger partial charge in [-0.25, -0.2) is 4.98 Å². The molecule has 4 rings (SSSR count). The van der Waals surface area contributed by atoms with Gasteiger partial charge in [-0.05, 0) is 43.2 Å². The molecule has 33 heavy (non-hydrogen) atoms. The molecule has 0 aliphatic rings. The van der Waals surface area contributed by atoms with Crippen LogP contribution in [-0.2, 0) is 16.0 Å². The summed E-state index contributed by atoms with van der Waals surface area (Å²) in [5.41, 5.74) is 3.96. The lowest BCUT2D eigenvalue weighted by atomic mass is 10.1. The van der Waals surface area contributed by atoms with Gasteiger partial charge in [0.05, 0.1) is 21.7 Å².